The summed E-state index contributed by atoms with van der Waals surface area (Å²) in [6, 6.07) is 6.15. The molecule has 1 unspecified atom stereocenters. The minimum atomic E-state index is -1.24. The Kier molecular flexibility index (Phi) is 6.82. The fourth-order valence-electron chi connectivity index (χ4n) is 4.78. The number of alkyl halides is 1. The molecule has 36 heavy (non-hydrogen) atoms. The summed E-state index contributed by atoms with van der Waals surface area (Å²) in [6.07, 6.45) is 1.17. The lowest BCUT2D eigenvalue weighted by Gasteiger charge is -2.37. The Morgan fingerprint density at radius 3 is 2.75 bits per heavy atom. The van der Waals surface area contributed by atoms with Gasteiger partial charge in [0.25, 0.3) is 0 Å². The number of ether oxygens (including phenoxy) is 1. The molecular formula is C25H27F3N6O2. The van der Waals surface area contributed by atoms with Crippen molar-refractivity contribution in [3.8, 4) is 17.1 Å². The van der Waals surface area contributed by atoms with Crippen molar-refractivity contribution in [1.82, 2.24) is 30.3 Å². The second-order valence-corrected chi connectivity index (χ2v) is 9.09. The van der Waals surface area contributed by atoms with Gasteiger partial charge in [-0.1, -0.05) is 6.07 Å². The van der Waals surface area contributed by atoms with Crippen LogP contribution in [-0.2, 0) is 19.5 Å². The normalized spacial score (nSPS) is 20.2. The fraction of sp³-hybridized carbons (Fsp3) is 0.400. The van der Waals surface area contributed by atoms with Gasteiger partial charge in [0.15, 0.2) is 0 Å². The van der Waals surface area contributed by atoms with Crippen molar-refractivity contribution >= 4 is 6.03 Å². The standard InChI is InChI=1S/C25H27F3N6O2/c1-36-23-6-5-15(11-29-23)24-17-13-34(10-8-21(17)31-32-24)25(35)30-22-14-33(9-7-20(22)28)12-16-18(26)3-2-4-19(16)27/h2-6,11,20,22H,7-10,12-14H2,1H3,(H,30,35)(H,31,32)/t20?,22-/m0/s1. The minimum Gasteiger partial charge on any atom is -0.481 e. The number of amides is 2. The lowest BCUT2D eigenvalue weighted by Crippen LogP contribution is -2.56. The molecular weight excluding hydrogens is 473 g/mol. The van der Waals surface area contributed by atoms with E-state index in [4.69, 9.17) is 4.74 Å². The van der Waals surface area contributed by atoms with E-state index in [1.54, 1.807) is 29.2 Å². The number of carbonyl (C=O) groups excluding carboxylic acids is 1. The van der Waals surface area contributed by atoms with Gasteiger partial charge in [-0.2, -0.15) is 5.10 Å². The number of nitrogens with one attached hydrogen (secondary N) is 2. The molecule has 0 aliphatic carbocycles. The predicted octanol–water partition coefficient (Wildman–Crippen LogP) is 3.44. The van der Waals surface area contributed by atoms with Crippen molar-refractivity contribution in [2.24, 2.45) is 0 Å². The van der Waals surface area contributed by atoms with Crippen LogP contribution < -0.4 is 10.1 Å². The van der Waals surface area contributed by atoms with E-state index >= 15 is 0 Å². The number of carbonyl (C=O) groups is 1. The maximum absolute atomic E-state index is 14.7. The Morgan fingerprint density at radius 1 is 1.22 bits per heavy atom. The van der Waals surface area contributed by atoms with Gasteiger partial charge in [0, 0.05) is 67.2 Å². The zero-order valence-corrected chi connectivity index (χ0v) is 19.8. The smallest absolute Gasteiger partial charge is 0.318 e. The summed E-state index contributed by atoms with van der Waals surface area (Å²) in [5.41, 5.74) is 3.29. The van der Waals surface area contributed by atoms with Gasteiger partial charge in [0.2, 0.25) is 5.88 Å². The lowest BCUT2D eigenvalue weighted by atomic mass is 10.0. The van der Waals surface area contributed by atoms with Gasteiger partial charge in [-0.15, -0.1) is 0 Å². The topological polar surface area (TPSA) is 86.4 Å². The molecule has 1 fully saturated rings. The van der Waals surface area contributed by atoms with Crippen molar-refractivity contribution < 1.29 is 22.7 Å². The zero-order chi connectivity index (χ0) is 25.2. The molecule has 0 spiro atoms. The molecule has 190 valence electrons. The molecule has 2 N–H and O–H groups in total. The van der Waals surface area contributed by atoms with Crippen molar-refractivity contribution in [2.45, 2.75) is 38.1 Å². The van der Waals surface area contributed by atoms with Crippen LogP contribution in [-0.4, -0.2) is 70.0 Å². The molecule has 1 aromatic carbocycles. The highest BCUT2D eigenvalue weighted by Gasteiger charge is 2.33. The van der Waals surface area contributed by atoms with Crippen LogP contribution in [0.1, 0.15) is 23.2 Å². The monoisotopic (exact) mass is 500 g/mol. The Bertz CT molecular complexity index is 1210. The van der Waals surface area contributed by atoms with Crippen LogP contribution in [0.5, 0.6) is 5.88 Å². The Morgan fingerprint density at radius 2 is 2.03 bits per heavy atom. The van der Waals surface area contributed by atoms with Crippen molar-refractivity contribution in [3.63, 3.8) is 0 Å². The summed E-state index contributed by atoms with van der Waals surface area (Å²) < 4.78 is 48.0. The van der Waals surface area contributed by atoms with Crippen LogP contribution >= 0.6 is 0 Å². The molecule has 11 heteroatoms. The maximum atomic E-state index is 14.7. The maximum Gasteiger partial charge on any atom is 0.318 e. The van der Waals surface area contributed by atoms with Crippen molar-refractivity contribution in [3.05, 3.63) is 65.0 Å². The molecule has 2 aliphatic heterocycles. The lowest BCUT2D eigenvalue weighted by molar-refractivity contribution is 0.0995. The first-order valence-corrected chi connectivity index (χ1v) is 11.8. The molecule has 3 aromatic rings. The van der Waals surface area contributed by atoms with Gasteiger partial charge < -0.3 is 15.0 Å². The SMILES string of the molecule is COc1ccc(-c2n[nH]c3c2CN(C(=O)N[C@H]2CN(Cc4c(F)cccc4F)CCC2F)CC3)cn1. The van der Waals surface area contributed by atoms with Crippen molar-refractivity contribution in [2.75, 3.05) is 26.7 Å². The number of fused-ring (bicyclic) bond motifs is 1. The summed E-state index contributed by atoms with van der Waals surface area (Å²) in [4.78, 5) is 20.7. The molecule has 2 aromatic heterocycles. The highest BCUT2D eigenvalue weighted by molar-refractivity contribution is 5.76. The molecule has 0 saturated carbocycles. The van der Waals surface area contributed by atoms with E-state index in [2.05, 4.69) is 20.5 Å². The number of methoxy groups -OCH3 is 1. The first kappa shape index (κ1) is 24.1. The van der Waals surface area contributed by atoms with Crippen LogP contribution in [0.15, 0.2) is 36.5 Å². The Labute approximate surface area is 206 Å². The number of hydrogen-bond acceptors (Lipinski definition) is 5. The average molecular weight is 501 g/mol. The molecule has 8 nitrogen and oxygen atoms in total. The number of nitrogens with zero attached hydrogens (tertiary/aromatic N) is 4. The molecule has 1 saturated heterocycles. The molecule has 2 amide bonds. The number of pyridine rings is 1. The van der Waals surface area contributed by atoms with Gasteiger partial charge in [0.1, 0.15) is 17.8 Å². The number of likely N-dealkylation sites (tertiary alicyclic amines) is 1. The Balaban J connectivity index is 1.25. The van der Waals surface area contributed by atoms with Gasteiger partial charge in [-0.05, 0) is 24.6 Å². The highest BCUT2D eigenvalue weighted by Crippen LogP contribution is 2.29. The number of H-pyrrole nitrogens is 1. The summed E-state index contributed by atoms with van der Waals surface area (Å²) in [6.45, 7) is 1.29. The largest absolute Gasteiger partial charge is 0.481 e. The third-order valence-corrected chi connectivity index (χ3v) is 6.80. The van der Waals surface area contributed by atoms with E-state index in [1.807, 2.05) is 6.07 Å². The van der Waals surface area contributed by atoms with E-state index in [0.29, 0.717) is 37.6 Å². The fourth-order valence-corrected chi connectivity index (χ4v) is 4.78. The molecule has 0 radical (unpaired) electrons. The van der Waals surface area contributed by atoms with Crippen LogP contribution in [0, 0.1) is 11.6 Å². The highest BCUT2D eigenvalue weighted by atomic mass is 19.1. The summed E-state index contributed by atoms with van der Waals surface area (Å²) in [5, 5.41) is 10.3. The van der Waals surface area contributed by atoms with E-state index in [9.17, 15) is 18.0 Å². The van der Waals surface area contributed by atoms with Crippen LogP contribution in [0.2, 0.25) is 0 Å². The Hall–Kier alpha value is -3.60. The molecule has 2 atom stereocenters. The number of hydrogen-bond donors (Lipinski definition) is 2. The van der Waals surface area contributed by atoms with Crippen molar-refractivity contribution in [1.29, 1.82) is 0 Å². The number of urea groups is 1. The summed E-state index contributed by atoms with van der Waals surface area (Å²) in [5.74, 6) is -0.778. The third kappa shape index (κ3) is 4.88. The van der Waals surface area contributed by atoms with E-state index < -0.39 is 23.8 Å². The van der Waals surface area contributed by atoms with Gasteiger partial charge in [0.05, 0.1) is 25.4 Å². The average Bonchev–Trinajstić information content (AvgIpc) is 3.31. The summed E-state index contributed by atoms with van der Waals surface area (Å²) >= 11 is 0. The molecule has 2 aliphatic rings. The van der Waals surface area contributed by atoms with Crippen LogP contribution in [0.4, 0.5) is 18.0 Å². The number of aromatic amines is 1. The second-order valence-electron chi connectivity index (χ2n) is 9.09. The quantitative estimate of drug-likeness (QED) is 0.561. The zero-order valence-electron chi connectivity index (χ0n) is 19.8. The number of benzene rings is 1. The van der Waals surface area contributed by atoms with E-state index in [0.717, 1.165) is 16.8 Å². The molecule has 0 bridgehead atoms. The van der Waals surface area contributed by atoms with Crippen LogP contribution in [0.3, 0.4) is 0 Å². The predicted molar refractivity (Wildman–Crippen MR) is 126 cm³/mol. The van der Waals surface area contributed by atoms with E-state index in [-0.39, 0.29) is 31.1 Å². The second kappa shape index (κ2) is 10.2. The number of piperidine rings is 1. The first-order valence-electron chi connectivity index (χ1n) is 11.8. The van der Waals surface area contributed by atoms with Gasteiger partial charge in [-0.3, -0.25) is 10.00 Å². The molecule has 4 heterocycles. The minimum absolute atomic E-state index is 0.0128. The molecule has 5 rings (SSSR count). The first-order chi connectivity index (χ1) is 17.4. The number of rotatable bonds is 5. The van der Waals surface area contributed by atoms with E-state index in [1.165, 1.54) is 18.2 Å². The van der Waals surface area contributed by atoms with Gasteiger partial charge in [-0.25, -0.2) is 22.9 Å². The number of halogens is 3. The van der Waals surface area contributed by atoms with Crippen LogP contribution in [0.25, 0.3) is 11.3 Å². The summed E-state index contributed by atoms with van der Waals surface area (Å²) in [7, 11) is 1.54. The third-order valence-electron chi connectivity index (χ3n) is 6.80. The number of aromatic nitrogens is 3. The van der Waals surface area contributed by atoms with Gasteiger partial charge >= 0.3 is 6.03 Å².